The average Bonchev–Trinajstić information content (AvgIpc) is 3.17. The van der Waals surface area contributed by atoms with E-state index in [1.165, 1.54) is 23.5 Å². The van der Waals surface area contributed by atoms with E-state index in [0.717, 1.165) is 37.7 Å². The summed E-state index contributed by atoms with van der Waals surface area (Å²) in [6, 6.07) is 5.30. The molecule has 2 unspecified atom stereocenters. The molecule has 0 bridgehead atoms. The number of carbonyl (C=O) groups is 2. The average molecular weight is 421 g/mol. The van der Waals surface area contributed by atoms with Crippen molar-refractivity contribution >= 4 is 28.3 Å². The Kier molecular flexibility index (Phi) is 9.18. The fraction of sp³-hybridized carbons (Fsp3) is 0.524. The van der Waals surface area contributed by atoms with E-state index in [9.17, 15) is 14.0 Å². The van der Waals surface area contributed by atoms with Gasteiger partial charge in [0, 0.05) is 12.0 Å². The highest BCUT2D eigenvalue weighted by Gasteiger charge is 2.26. The summed E-state index contributed by atoms with van der Waals surface area (Å²) in [5.74, 6) is -0.749. The van der Waals surface area contributed by atoms with Gasteiger partial charge in [-0.3, -0.25) is 14.9 Å². The SMILES string of the molecule is CCCCCCC(=O)NC(C(=O)Nc1nnc(-c2ccc(F)cc2)s1)C(C)CC. The van der Waals surface area contributed by atoms with E-state index in [4.69, 9.17) is 0 Å². The van der Waals surface area contributed by atoms with Crippen LogP contribution in [-0.4, -0.2) is 28.1 Å². The highest BCUT2D eigenvalue weighted by Crippen LogP contribution is 2.26. The Morgan fingerprint density at radius 1 is 1.10 bits per heavy atom. The first-order chi connectivity index (χ1) is 13.9. The lowest BCUT2D eigenvalue weighted by Gasteiger charge is -2.23. The number of rotatable bonds is 11. The Bertz CT molecular complexity index is 794. The maximum Gasteiger partial charge on any atom is 0.249 e. The van der Waals surface area contributed by atoms with Crippen LogP contribution in [0.25, 0.3) is 10.6 Å². The molecule has 2 aromatic rings. The Hall–Kier alpha value is -2.35. The molecule has 2 rings (SSSR count). The smallest absolute Gasteiger partial charge is 0.249 e. The third-order valence-corrected chi connectivity index (χ3v) is 5.70. The van der Waals surface area contributed by atoms with Crippen LogP contribution >= 0.6 is 11.3 Å². The lowest BCUT2D eigenvalue weighted by molar-refractivity contribution is -0.127. The minimum atomic E-state index is -0.628. The van der Waals surface area contributed by atoms with E-state index < -0.39 is 6.04 Å². The number of anilines is 1. The van der Waals surface area contributed by atoms with Crippen molar-refractivity contribution in [3.63, 3.8) is 0 Å². The van der Waals surface area contributed by atoms with Crippen LogP contribution in [0.5, 0.6) is 0 Å². The molecule has 29 heavy (non-hydrogen) atoms. The predicted octanol–water partition coefficient (Wildman–Crippen LogP) is 4.78. The zero-order chi connectivity index (χ0) is 21.2. The molecule has 0 fully saturated rings. The number of hydrogen-bond acceptors (Lipinski definition) is 5. The van der Waals surface area contributed by atoms with E-state index >= 15 is 0 Å². The summed E-state index contributed by atoms with van der Waals surface area (Å²) in [4.78, 5) is 25.0. The Morgan fingerprint density at radius 3 is 2.48 bits per heavy atom. The largest absolute Gasteiger partial charge is 0.344 e. The molecular formula is C21H29FN4O2S. The summed E-state index contributed by atoms with van der Waals surface area (Å²) in [5, 5.41) is 14.6. The first kappa shape index (κ1) is 22.9. The third kappa shape index (κ3) is 7.20. The van der Waals surface area contributed by atoms with Gasteiger partial charge < -0.3 is 5.32 Å². The van der Waals surface area contributed by atoms with Crippen LogP contribution in [0.3, 0.4) is 0 Å². The quantitative estimate of drug-likeness (QED) is 0.512. The van der Waals surface area contributed by atoms with Crippen molar-refractivity contribution in [1.29, 1.82) is 0 Å². The van der Waals surface area contributed by atoms with Gasteiger partial charge in [0.25, 0.3) is 0 Å². The Morgan fingerprint density at radius 2 is 1.83 bits per heavy atom. The number of unbranched alkanes of at least 4 members (excludes halogenated alkanes) is 3. The molecule has 158 valence electrons. The van der Waals surface area contributed by atoms with Gasteiger partial charge in [0.1, 0.15) is 16.9 Å². The second-order valence-electron chi connectivity index (χ2n) is 7.15. The minimum absolute atomic E-state index is 0.0147. The summed E-state index contributed by atoms with van der Waals surface area (Å²) in [6.07, 6.45) is 5.24. The molecule has 1 heterocycles. The van der Waals surface area contributed by atoms with Gasteiger partial charge in [0.15, 0.2) is 0 Å². The predicted molar refractivity (Wildman–Crippen MR) is 114 cm³/mol. The molecule has 0 saturated carbocycles. The highest BCUT2D eigenvalue weighted by atomic mass is 32.1. The van der Waals surface area contributed by atoms with Gasteiger partial charge in [-0.2, -0.15) is 0 Å². The van der Waals surface area contributed by atoms with Gasteiger partial charge >= 0.3 is 0 Å². The molecule has 2 amide bonds. The van der Waals surface area contributed by atoms with Crippen molar-refractivity contribution in [3.8, 4) is 10.6 Å². The zero-order valence-corrected chi connectivity index (χ0v) is 18.0. The third-order valence-electron chi connectivity index (χ3n) is 4.82. The molecule has 0 aliphatic carbocycles. The summed E-state index contributed by atoms with van der Waals surface area (Å²) >= 11 is 1.21. The van der Waals surface area contributed by atoms with Crippen molar-refractivity contribution in [1.82, 2.24) is 15.5 Å². The van der Waals surface area contributed by atoms with Crippen LogP contribution in [0.2, 0.25) is 0 Å². The van der Waals surface area contributed by atoms with Gasteiger partial charge in [-0.1, -0.05) is 57.8 Å². The Labute approximate surface area is 175 Å². The number of amides is 2. The minimum Gasteiger partial charge on any atom is -0.344 e. The maximum atomic E-state index is 13.1. The van der Waals surface area contributed by atoms with Crippen LogP contribution in [0.15, 0.2) is 24.3 Å². The van der Waals surface area contributed by atoms with Crippen molar-refractivity contribution in [2.75, 3.05) is 5.32 Å². The fourth-order valence-electron chi connectivity index (χ4n) is 2.83. The van der Waals surface area contributed by atoms with Crippen LogP contribution in [0.4, 0.5) is 9.52 Å². The van der Waals surface area contributed by atoms with E-state index in [-0.39, 0.29) is 23.5 Å². The summed E-state index contributed by atoms with van der Waals surface area (Å²) in [5.41, 5.74) is 0.725. The lowest BCUT2D eigenvalue weighted by Crippen LogP contribution is -2.47. The number of halogens is 1. The molecular weight excluding hydrogens is 391 g/mol. The topological polar surface area (TPSA) is 84.0 Å². The molecule has 0 spiro atoms. The van der Waals surface area contributed by atoms with Crippen LogP contribution < -0.4 is 10.6 Å². The molecule has 8 heteroatoms. The zero-order valence-electron chi connectivity index (χ0n) is 17.2. The highest BCUT2D eigenvalue weighted by molar-refractivity contribution is 7.18. The molecule has 0 radical (unpaired) electrons. The first-order valence-corrected chi connectivity index (χ1v) is 11.0. The number of benzene rings is 1. The van der Waals surface area contributed by atoms with E-state index in [2.05, 4.69) is 27.8 Å². The number of hydrogen-bond donors (Lipinski definition) is 2. The van der Waals surface area contributed by atoms with Gasteiger partial charge in [0.2, 0.25) is 16.9 Å². The summed E-state index contributed by atoms with van der Waals surface area (Å²) < 4.78 is 13.1. The van der Waals surface area contributed by atoms with Gasteiger partial charge in [-0.25, -0.2) is 4.39 Å². The molecule has 0 aliphatic heterocycles. The molecule has 0 saturated heterocycles. The Balaban J connectivity index is 1.99. The van der Waals surface area contributed by atoms with E-state index in [0.29, 0.717) is 16.6 Å². The van der Waals surface area contributed by atoms with E-state index in [1.807, 2.05) is 13.8 Å². The van der Waals surface area contributed by atoms with Gasteiger partial charge in [-0.15, -0.1) is 10.2 Å². The van der Waals surface area contributed by atoms with Crippen LogP contribution in [-0.2, 0) is 9.59 Å². The summed E-state index contributed by atoms with van der Waals surface area (Å²) in [6.45, 7) is 6.04. The van der Waals surface area contributed by atoms with Crippen LogP contribution in [0.1, 0.15) is 59.3 Å². The molecule has 1 aromatic heterocycles. The number of nitrogens with one attached hydrogen (secondary N) is 2. The second-order valence-corrected chi connectivity index (χ2v) is 8.13. The summed E-state index contributed by atoms with van der Waals surface area (Å²) in [7, 11) is 0. The number of aromatic nitrogens is 2. The molecule has 1 aromatic carbocycles. The second kappa shape index (κ2) is 11.6. The molecule has 0 aliphatic rings. The first-order valence-electron chi connectivity index (χ1n) is 10.1. The van der Waals surface area contributed by atoms with E-state index in [1.54, 1.807) is 12.1 Å². The molecule has 2 N–H and O–H groups in total. The van der Waals surface area contributed by atoms with Gasteiger partial charge in [-0.05, 0) is 36.6 Å². The normalized spacial score (nSPS) is 13.0. The van der Waals surface area contributed by atoms with Gasteiger partial charge in [0.05, 0.1) is 0 Å². The van der Waals surface area contributed by atoms with Crippen molar-refractivity contribution in [2.24, 2.45) is 5.92 Å². The van der Waals surface area contributed by atoms with Crippen molar-refractivity contribution in [2.45, 2.75) is 65.3 Å². The van der Waals surface area contributed by atoms with Crippen molar-refractivity contribution in [3.05, 3.63) is 30.1 Å². The molecule has 6 nitrogen and oxygen atoms in total. The lowest BCUT2D eigenvalue weighted by atomic mass is 9.98. The molecule has 2 atom stereocenters. The monoisotopic (exact) mass is 420 g/mol. The van der Waals surface area contributed by atoms with Crippen molar-refractivity contribution < 1.29 is 14.0 Å². The standard InChI is InChI=1S/C21H29FN4O2S/c1-4-6-7-8-9-17(27)23-18(14(3)5-2)19(28)24-21-26-25-20(29-21)15-10-12-16(22)13-11-15/h10-14,18H,4-9H2,1-3H3,(H,23,27)(H,24,26,28). The fourth-order valence-corrected chi connectivity index (χ4v) is 3.58. The number of carbonyl (C=O) groups excluding carboxylic acids is 2. The number of nitrogens with zero attached hydrogens (tertiary/aromatic N) is 2. The van der Waals surface area contributed by atoms with Crippen LogP contribution in [0, 0.1) is 11.7 Å². The maximum absolute atomic E-state index is 13.1.